The van der Waals surface area contributed by atoms with Crippen LogP contribution >= 0.6 is 0 Å². The lowest BCUT2D eigenvalue weighted by atomic mass is 10.0. The summed E-state index contributed by atoms with van der Waals surface area (Å²) < 4.78 is 15.2. The molecule has 2 aromatic carbocycles. The molecule has 1 aliphatic rings. The Morgan fingerprint density at radius 1 is 1.06 bits per heavy atom. The number of piperidine rings is 1. The van der Waals surface area contributed by atoms with Gasteiger partial charge in [-0.1, -0.05) is 29.5 Å². The fraction of sp³-hybridized carbons (Fsp3) is 0.231. The molecule has 0 aliphatic carbocycles. The van der Waals surface area contributed by atoms with Crippen LogP contribution in [0, 0.1) is 5.82 Å². The van der Waals surface area contributed by atoms with Gasteiger partial charge in [0.25, 0.3) is 5.91 Å². The van der Waals surface area contributed by atoms with E-state index in [0.29, 0.717) is 16.8 Å². The summed E-state index contributed by atoms with van der Waals surface area (Å²) in [5, 5.41) is 11.0. The van der Waals surface area contributed by atoms with Gasteiger partial charge >= 0.3 is 0 Å². The standard InChI is InChI=1S/C26H25FN6O/c27-22-3-1-2-20(16-22)25-9-6-21(17-28-25)26(34)30-23-10-13-32(14-11-23)18-19-4-7-24(8-5-19)33-15-12-29-31-33/h1-9,12,15-17,23H,10-11,13-14,18H2,(H,30,34). The lowest BCUT2D eigenvalue weighted by Gasteiger charge is -2.32. The number of amides is 1. The Kier molecular flexibility index (Phi) is 6.40. The molecule has 1 N–H and O–H groups in total. The highest BCUT2D eigenvalue weighted by molar-refractivity contribution is 5.94. The van der Waals surface area contributed by atoms with Crippen molar-refractivity contribution in [1.82, 2.24) is 30.2 Å². The highest BCUT2D eigenvalue weighted by atomic mass is 19.1. The molecule has 34 heavy (non-hydrogen) atoms. The van der Waals surface area contributed by atoms with Crippen LogP contribution in [0.4, 0.5) is 4.39 Å². The molecule has 1 aliphatic heterocycles. The van der Waals surface area contributed by atoms with Gasteiger partial charge in [-0.15, -0.1) is 5.10 Å². The SMILES string of the molecule is O=C(NC1CCN(Cc2ccc(-n3ccnn3)cc2)CC1)c1ccc(-c2cccc(F)c2)nc1. The first-order valence-corrected chi connectivity index (χ1v) is 11.3. The maximum atomic E-state index is 13.4. The predicted molar refractivity (Wildman–Crippen MR) is 127 cm³/mol. The number of carbonyl (C=O) groups is 1. The average molecular weight is 457 g/mol. The Morgan fingerprint density at radius 3 is 2.56 bits per heavy atom. The van der Waals surface area contributed by atoms with Crippen molar-refractivity contribution in [3.63, 3.8) is 0 Å². The lowest BCUT2D eigenvalue weighted by Crippen LogP contribution is -2.44. The number of pyridine rings is 1. The van der Waals surface area contributed by atoms with Crippen molar-refractivity contribution in [1.29, 1.82) is 0 Å². The fourth-order valence-electron chi connectivity index (χ4n) is 4.21. The monoisotopic (exact) mass is 456 g/mol. The van der Waals surface area contributed by atoms with Gasteiger partial charge < -0.3 is 5.32 Å². The molecule has 0 spiro atoms. The molecule has 0 radical (unpaired) electrons. The van der Waals surface area contributed by atoms with Gasteiger partial charge in [-0.05, 0) is 54.8 Å². The van der Waals surface area contributed by atoms with E-state index in [9.17, 15) is 9.18 Å². The highest BCUT2D eigenvalue weighted by Gasteiger charge is 2.21. The van der Waals surface area contributed by atoms with Crippen LogP contribution in [0.25, 0.3) is 16.9 Å². The van der Waals surface area contributed by atoms with E-state index in [1.54, 1.807) is 41.3 Å². The second-order valence-corrected chi connectivity index (χ2v) is 8.48. The number of aromatic nitrogens is 4. The number of rotatable bonds is 6. The summed E-state index contributed by atoms with van der Waals surface area (Å²) in [5.74, 6) is -0.434. The van der Waals surface area contributed by atoms with Gasteiger partial charge in [-0.2, -0.15) is 0 Å². The molecule has 1 saturated heterocycles. The second kappa shape index (κ2) is 9.93. The van der Waals surface area contributed by atoms with Gasteiger partial charge in [0.1, 0.15) is 5.82 Å². The molecule has 8 heteroatoms. The number of carbonyl (C=O) groups excluding carboxylic acids is 1. The molecular weight excluding hydrogens is 431 g/mol. The number of nitrogens with zero attached hydrogens (tertiary/aromatic N) is 5. The van der Waals surface area contributed by atoms with Crippen molar-refractivity contribution >= 4 is 5.91 Å². The van der Waals surface area contributed by atoms with Crippen molar-refractivity contribution in [2.75, 3.05) is 13.1 Å². The molecular formula is C26H25FN6O. The fourth-order valence-corrected chi connectivity index (χ4v) is 4.21. The van der Waals surface area contributed by atoms with E-state index in [1.807, 2.05) is 18.3 Å². The zero-order chi connectivity index (χ0) is 23.3. The van der Waals surface area contributed by atoms with Crippen LogP contribution < -0.4 is 5.32 Å². The van der Waals surface area contributed by atoms with Crippen molar-refractivity contribution in [3.05, 3.63) is 96.2 Å². The van der Waals surface area contributed by atoms with E-state index in [0.717, 1.165) is 38.2 Å². The maximum Gasteiger partial charge on any atom is 0.253 e. The smallest absolute Gasteiger partial charge is 0.253 e. The van der Waals surface area contributed by atoms with Crippen LogP contribution in [0.5, 0.6) is 0 Å². The molecule has 5 rings (SSSR count). The number of nitrogens with one attached hydrogen (secondary N) is 1. The summed E-state index contributed by atoms with van der Waals surface area (Å²) >= 11 is 0. The average Bonchev–Trinajstić information content (AvgIpc) is 3.41. The number of hydrogen-bond donors (Lipinski definition) is 1. The number of halogens is 1. The molecule has 0 saturated carbocycles. The zero-order valence-corrected chi connectivity index (χ0v) is 18.6. The molecule has 3 heterocycles. The first-order chi connectivity index (χ1) is 16.6. The normalized spacial score (nSPS) is 14.7. The first-order valence-electron chi connectivity index (χ1n) is 11.3. The van der Waals surface area contributed by atoms with E-state index in [1.165, 1.54) is 17.7 Å². The highest BCUT2D eigenvalue weighted by Crippen LogP contribution is 2.19. The Morgan fingerprint density at radius 2 is 1.88 bits per heavy atom. The van der Waals surface area contributed by atoms with Crippen molar-refractivity contribution < 1.29 is 9.18 Å². The Balaban J connectivity index is 1.11. The van der Waals surface area contributed by atoms with E-state index < -0.39 is 0 Å². The molecule has 1 fully saturated rings. The van der Waals surface area contributed by atoms with Crippen molar-refractivity contribution in [2.45, 2.75) is 25.4 Å². The molecule has 172 valence electrons. The van der Waals surface area contributed by atoms with E-state index >= 15 is 0 Å². The van der Waals surface area contributed by atoms with Crippen molar-refractivity contribution in [2.24, 2.45) is 0 Å². The molecule has 1 amide bonds. The largest absolute Gasteiger partial charge is 0.349 e. The van der Waals surface area contributed by atoms with Gasteiger partial charge in [0.2, 0.25) is 0 Å². The quantitative estimate of drug-likeness (QED) is 0.477. The Labute approximate surface area is 197 Å². The molecule has 2 aromatic heterocycles. The Hall–Kier alpha value is -3.91. The number of likely N-dealkylation sites (tertiary alicyclic amines) is 1. The summed E-state index contributed by atoms with van der Waals surface area (Å²) in [4.78, 5) is 19.4. The topological polar surface area (TPSA) is 75.9 Å². The van der Waals surface area contributed by atoms with Gasteiger partial charge in [0.15, 0.2) is 0 Å². The minimum absolute atomic E-state index is 0.125. The van der Waals surface area contributed by atoms with Crippen LogP contribution in [-0.4, -0.2) is 49.9 Å². The van der Waals surface area contributed by atoms with Gasteiger partial charge in [0, 0.05) is 37.4 Å². The molecule has 0 atom stereocenters. The summed E-state index contributed by atoms with van der Waals surface area (Å²) in [7, 11) is 0. The lowest BCUT2D eigenvalue weighted by molar-refractivity contribution is 0.0908. The zero-order valence-electron chi connectivity index (χ0n) is 18.6. The van der Waals surface area contributed by atoms with Crippen molar-refractivity contribution in [3.8, 4) is 16.9 Å². The van der Waals surface area contributed by atoms with Crippen LogP contribution in [0.2, 0.25) is 0 Å². The van der Waals surface area contributed by atoms with Gasteiger partial charge in [-0.3, -0.25) is 14.7 Å². The van der Waals surface area contributed by atoms with Crippen LogP contribution in [0.15, 0.2) is 79.3 Å². The summed E-state index contributed by atoms with van der Waals surface area (Å²) in [6.45, 7) is 2.73. The predicted octanol–water partition coefficient (Wildman–Crippen LogP) is 3.86. The molecule has 4 aromatic rings. The summed E-state index contributed by atoms with van der Waals surface area (Å²) in [6.07, 6.45) is 6.83. The third kappa shape index (κ3) is 5.18. The van der Waals surface area contributed by atoms with E-state index in [2.05, 4.69) is 37.6 Å². The molecule has 7 nitrogen and oxygen atoms in total. The third-order valence-corrected chi connectivity index (χ3v) is 6.10. The summed E-state index contributed by atoms with van der Waals surface area (Å²) in [6, 6.07) is 18.2. The van der Waals surface area contributed by atoms with Crippen LogP contribution in [0.3, 0.4) is 0 Å². The van der Waals surface area contributed by atoms with Crippen LogP contribution in [0.1, 0.15) is 28.8 Å². The van der Waals surface area contributed by atoms with E-state index in [-0.39, 0.29) is 17.8 Å². The third-order valence-electron chi connectivity index (χ3n) is 6.10. The second-order valence-electron chi connectivity index (χ2n) is 8.48. The minimum Gasteiger partial charge on any atom is -0.349 e. The molecule has 0 bridgehead atoms. The minimum atomic E-state index is -0.309. The van der Waals surface area contributed by atoms with Crippen LogP contribution in [-0.2, 0) is 6.54 Å². The Bertz CT molecular complexity index is 1230. The number of benzene rings is 2. The van der Waals surface area contributed by atoms with Gasteiger partial charge in [0.05, 0.1) is 29.3 Å². The first kappa shape index (κ1) is 21.9. The maximum absolute atomic E-state index is 13.4. The summed E-state index contributed by atoms with van der Waals surface area (Å²) in [5.41, 5.74) is 4.07. The van der Waals surface area contributed by atoms with Gasteiger partial charge in [-0.25, -0.2) is 9.07 Å². The van der Waals surface area contributed by atoms with E-state index in [4.69, 9.17) is 0 Å². The number of hydrogen-bond acceptors (Lipinski definition) is 5. The molecule has 0 unspecified atom stereocenters.